The van der Waals surface area contributed by atoms with E-state index in [0.29, 0.717) is 6.04 Å². The summed E-state index contributed by atoms with van der Waals surface area (Å²) in [7, 11) is -4.49. The molecule has 0 amide bonds. The minimum atomic E-state index is -2.27. The molecule has 1 atom stereocenters. The van der Waals surface area contributed by atoms with E-state index in [9.17, 15) is 0 Å². The zero-order chi connectivity index (χ0) is 27.1. The summed E-state index contributed by atoms with van der Waals surface area (Å²) in [5.74, 6) is 0. The topological polar surface area (TPSA) is 49.4 Å². The van der Waals surface area contributed by atoms with Crippen LogP contribution in [-0.2, 0) is 22.9 Å². The Morgan fingerprint density at radius 1 is 0.500 bits per heavy atom. The second-order valence-corrected chi connectivity index (χ2v) is 16.8. The standard InChI is InChI=1S/C28H65NO5P2/c1-9-19-30-29(18-27-36(25-15-7,33-22-12-4)34-23-13-5)28(16-8)17-26-35(24-14-6,31-20-10-2)32-21-11-3/h28,35-36H,9-27H2,1-8H3. The van der Waals surface area contributed by atoms with Gasteiger partial charge in [0.25, 0.3) is 0 Å². The molecule has 0 aliphatic rings. The van der Waals surface area contributed by atoms with Crippen molar-refractivity contribution in [3.8, 4) is 0 Å². The number of rotatable bonds is 27. The summed E-state index contributed by atoms with van der Waals surface area (Å²) in [5, 5.41) is 2.27. The number of nitrogens with zero attached hydrogens (tertiary/aromatic N) is 1. The molecule has 0 aliphatic carbocycles. The molecule has 0 saturated carbocycles. The maximum atomic E-state index is 6.54. The van der Waals surface area contributed by atoms with Crippen molar-refractivity contribution in [1.82, 2.24) is 5.06 Å². The van der Waals surface area contributed by atoms with E-state index in [1.165, 1.54) is 0 Å². The zero-order valence-corrected chi connectivity index (χ0v) is 27.5. The monoisotopic (exact) mass is 557 g/mol. The fourth-order valence-corrected chi connectivity index (χ4v) is 11.6. The molecule has 0 aromatic rings. The zero-order valence-electron chi connectivity index (χ0n) is 25.5. The van der Waals surface area contributed by atoms with Crippen molar-refractivity contribution in [1.29, 1.82) is 0 Å². The normalized spacial score (nSPS) is 14.5. The maximum absolute atomic E-state index is 6.54. The summed E-state index contributed by atoms with van der Waals surface area (Å²) < 4.78 is 26.1. The van der Waals surface area contributed by atoms with Crippen LogP contribution in [0.25, 0.3) is 0 Å². The van der Waals surface area contributed by atoms with Gasteiger partial charge in [-0.3, -0.25) is 0 Å². The molecule has 0 saturated heterocycles. The first kappa shape index (κ1) is 36.6. The predicted molar refractivity (Wildman–Crippen MR) is 163 cm³/mol. The molecule has 0 heterocycles. The van der Waals surface area contributed by atoms with Crippen LogP contribution in [0.4, 0.5) is 0 Å². The van der Waals surface area contributed by atoms with Crippen molar-refractivity contribution in [2.45, 2.75) is 119 Å². The summed E-state index contributed by atoms with van der Waals surface area (Å²) >= 11 is 0. The van der Waals surface area contributed by atoms with Crippen LogP contribution in [0, 0.1) is 0 Å². The second-order valence-electron chi connectivity index (χ2n) is 10.0. The molecule has 1 unspecified atom stereocenters. The third kappa shape index (κ3) is 15.3. The van der Waals surface area contributed by atoms with Gasteiger partial charge in [0.05, 0.1) is 0 Å². The molecule has 8 heteroatoms. The molecule has 222 valence electrons. The Balaban J connectivity index is 5.62. The minimum absolute atomic E-state index is 0.349. The first-order valence-electron chi connectivity index (χ1n) is 15.4. The predicted octanol–water partition coefficient (Wildman–Crippen LogP) is 8.48. The molecule has 0 N–H and O–H groups in total. The van der Waals surface area contributed by atoms with Gasteiger partial charge in [0, 0.05) is 0 Å². The van der Waals surface area contributed by atoms with Gasteiger partial charge in [0.2, 0.25) is 0 Å². The molecule has 0 bridgehead atoms. The van der Waals surface area contributed by atoms with Gasteiger partial charge >= 0.3 is 227 Å². The van der Waals surface area contributed by atoms with Gasteiger partial charge in [-0.1, -0.05) is 0 Å². The molecule has 6 nitrogen and oxygen atoms in total. The van der Waals surface area contributed by atoms with E-state index in [0.717, 1.165) is 122 Å². The van der Waals surface area contributed by atoms with Crippen LogP contribution in [0.3, 0.4) is 0 Å². The molecule has 0 aromatic heterocycles. The van der Waals surface area contributed by atoms with Gasteiger partial charge in [-0.05, 0) is 0 Å². The van der Waals surface area contributed by atoms with Crippen molar-refractivity contribution in [3.63, 3.8) is 0 Å². The van der Waals surface area contributed by atoms with E-state index in [1.54, 1.807) is 0 Å². The molecule has 0 fully saturated rings. The Labute approximate surface area is 226 Å². The summed E-state index contributed by atoms with van der Waals surface area (Å²) in [6.45, 7) is 22.5. The van der Waals surface area contributed by atoms with Crippen LogP contribution in [0.1, 0.15) is 113 Å². The van der Waals surface area contributed by atoms with E-state index in [-0.39, 0.29) is 0 Å². The fourth-order valence-electron chi connectivity index (χ4n) is 4.60. The number of hydrogen-bond donors (Lipinski definition) is 0. The Morgan fingerprint density at radius 2 is 0.917 bits per heavy atom. The Kier molecular flexibility index (Phi) is 23.9. The van der Waals surface area contributed by atoms with Crippen LogP contribution < -0.4 is 0 Å². The van der Waals surface area contributed by atoms with E-state index in [1.807, 2.05) is 0 Å². The van der Waals surface area contributed by atoms with Crippen LogP contribution >= 0.6 is 15.4 Å². The molecule has 36 heavy (non-hydrogen) atoms. The fraction of sp³-hybridized carbons (Fsp3) is 1.00. The summed E-state index contributed by atoms with van der Waals surface area (Å²) in [4.78, 5) is 6.39. The SMILES string of the molecule is CCCON(CC[PH](CCC)(OCCC)OCCC)C(CC)CC[PH](CCC)(OCCC)OCCC. The van der Waals surface area contributed by atoms with Crippen molar-refractivity contribution < 1.29 is 22.9 Å². The molecular weight excluding hydrogens is 492 g/mol. The number of hydrogen-bond acceptors (Lipinski definition) is 6. The van der Waals surface area contributed by atoms with E-state index in [4.69, 9.17) is 22.9 Å². The van der Waals surface area contributed by atoms with Gasteiger partial charge in [0.1, 0.15) is 0 Å². The second kappa shape index (κ2) is 23.5. The van der Waals surface area contributed by atoms with Crippen LogP contribution in [0.5, 0.6) is 0 Å². The molecule has 0 aromatic carbocycles. The Hall–Kier alpha value is 0.620. The summed E-state index contributed by atoms with van der Waals surface area (Å²) in [6, 6.07) is 0.349. The average Bonchev–Trinajstić information content (AvgIpc) is 2.89. The third-order valence-corrected chi connectivity index (χ3v) is 13.9. The molecule has 0 rings (SSSR count). The summed E-state index contributed by atoms with van der Waals surface area (Å²) in [6.07, 6.45) is 13.6. The van der Waals surface area contributed by atoms with Crippen LogP contribution in [0.15, 0.2) is 0 Å². The van der Waals surface area contributed by atoms with Crippen molar-refractivity contribution >= 4 is 15.4 Å². The van der Waals surface area contributed by atoms with Crippen molar-refractivity contribution in [2.24, 2.45) is 0 Å². The quantitative estimate of drug-likeness (QED) is 0.0746. The van der Waals surface area contributed by atoms with Crippen molar-refractivity contribution in [2.75, 3.05) is 64.2 Å². The van der Waals surface area contributed by atoms with Gasteiger partial charge in [-0.25, -0.2) is 0 Å². The van der Waals surface area contributed by atoms with E-state index < -0.39 is 15.4 Å². The Bertz CT molecular complexity index is 471. The summed E-state index contributed by atoms with van der Waals surface area (Å²) in [5.41, 5.74) is 0. The number of hydroxylamine groups is 2. The third-order valence-electron chi connectivity index (χ3n) is 6.45. The van der Waals surface area contributed by atoms with E-state index in [2.05, 4.69) is 60.5 Å². The van der Waals surface area contributed by atoms with Crippen LogP contribution in [0.2, 0.25) is 0 Å². The van der Waals surface area contributed by atoms with Crippen LogP contribution in [-0.4, -0.2) is 75.3 Å². The van der Waals surface area contributed by atoms with Crippen molar-refractivity contribution in [3.05, 3.63) is 0 Å². The molecule has 0 radical (unpaired) electrons. The first-order chi connectivity index (χ1) is 17.5. The molecule has 0 spiro atoms. The Morgan fingerprint density at radius 3 is 1.28 bits per heavy atom. The van der Waals surface area contributed by atoms with E-state index >= 15 is 0 Å². The molecular formula is C28H65NO5P2. The van der Waals surface area contributed by atoms with Gasteiger partial charge in [0.15, 0.2) is 0 Å². The average molecular weight is 558 g/mol. The first-order valence-corrected chi connectivity index (χ1v) is 19.9. The van der Waals surface area contributed by atoms with Gasteiger partial charge in [-0.2, -0.15) is 0 Å². The molecule has 0 aliphatic heterocycles. The van der Waals surface area contributed by atoms with Gasteiger partial charge in [-0.15, -0.1) is 0 Å². The van der Waals surface area contributed by atoms with Gasteiger partial charge < -0.3 is 0 Å².